The van der Waals surface area contributed by atoms with E-state index < -0.39 is 0 Å². The van der Waals surface area contributed by atoms with Crippen LogP contribution in [0.15, 0.2) is 28.7 Å². The molecule has 0 amide bonds. The quantitative estimate of drug-likeness (QED) is 0.841. The van der Waals surface area contributed by atoms with E-state index in [2.05, 4.69) is 20.8 Å². The van der Waals surface area contributed by atoms with Gasteiger partial charge >= 0.3 is 6.01 Å². The van der Waals surface area contributed by atoms with Crippen LogP contribution in [0.1, 0.15) is 18.4 Å². The minimum absolute atomic E-state index is 0.405. The highest BCUT2D eigenvalue weighted by Gasteiger charge is 2.05. The van der Waals surface area contributed by atoms with Crippen LogP contribution >= 0.6 is 11.6 Å². The van der Waals surface area contributed by atoms with E-state index >= 15 is 0 Å². The van der Waals surface area contributed by atoms with Crippen molar-refractivity contribution in [3.05, 3.63) is 40.7 Å². The second kappa shape index (κ2) is 6.37. The number of halogens is 1. The zero-order valence-electron chi connectivity index (χ0n) is 10.1. The van der Waals surface area contributed by atoms with Crippen LogP contribution in [0.5, 0.6) is 0 Å². The Hall–Kier alpha value is -1.59. The summed E-state index contributed by atoms with van der Waals surface area (Å²) in [5.41, 5.74) is 0.991. The molecule has 0 radical (unpaired) electrons. The van der Waals surface area contributed by atoms with E-state index in [9.17, 15) is 0 Å². The first-order valence-corrected chi connectivity index (χ1v) is 6.17. The van der Waals surface area contributed by atoms with Gasteiger partial charge in [0.05, 0.1) is 6.54 Å². The predicted octanol–water partition coefficient (Wildman–Crippen LogP) is 2.44. The molecule has 5 nitrogen and oxygen atoms in total. The van der Waals surface area contributed by atoms with Crippen molar-refractivity contribution in [1.29, 1.82) is 0 Å². The second-order valence-electron chi connectivity index (χ2n) is 3.73. The van der Waals surface area contributed by atoms with E-state index in [0.717, 1.165) is 17.1 Å². The molecule has 0 spiro atoms. The number of hydrogen-bond acceptors (Lipinski definition) is 5. The summed E-state index contributed by atoms with van der Waals surface area (Å²) >= 11 is 6.05. The molecule has 2 rings (SSSR count). The molecule has 2 N–H and O–H groups in total. The van der Waals surface area contributed by atoms with Gasteiger partial charge in [0.1, 0.15) is 0 Å². The Kier molecular flexibility index (Phi) is 4.55. The fourth-order valence-electron chi connectivity index (χ4n) is 1.44. The highest BCUT2D eigenvalue weighted by molar-refractivity contribution is 6.31. The van der Waals surface area contributed by atoms with E-state index in [4.69, 9.17) is 16.0 Å². The van der Waals surface area contributed by atoms with Crippen LogP contribution in [-0.2, 0) is 13.1 Å². The van der Waals surface area contributed by atoms with Crippen molar-refractivity contribution < 1.29 is 4.42 Å². The van der Waals surface area contributed by atoms with Gasteiger partial charge in [0.15, 0.2) is 0 Å². The van der Waals surface area contributed by atoms with Crippen LogP contribution < -0.4 is 10.6 Å². The molecule has 0 bridgehead atoms. The smallest absolute Gasteiger partial charge is 0.315 e. The van der Waals surface area contributed by atoms with Gasteiger partial charge in [-0.3, -0.25) is 0 Å². The summed E-state index contributed by atoms with van der Waals surface area (Å²) in [6.07, 6.45) is 0. The summed E-state index contributed by atoms with van der Waals surface area (Å²) in [4.78, 5) is 0. The Morgan fingerprint density at radius 2 is 2.06 bits per heavy atom. The standard InChI is InChI=1S/C12H15ClN4O/c1-2-14-8-11-16-17-12(18-11)15-7-9-5-3-4-6-10(9)13/h3-6,14H,2,7-8H2,1H3,(H,15,17). The van der Waals surface area contributed by atoms with Crippen LogP contribution in [0.4, 0.5) is 6.01 Å². The largest absolute Gasteiger partial charge is 0.407 e. The number of aromatic nitrogens is 2. The van der Waals surface area contributed by atoms with E-state index in [0.29, 0.717) is 25.0 Å². The van der Waals surface area contributed by atoms with E-state index in [1.54, 1.807) is 0 Å². The van der Waals surface area contributed by atoms with Crippen LogP contribution in [0.2, 0.25) is 5.02 Å². The average molecular weight is 267 g/mol. The lowest BCUT2D eigenvalue weighted by molar-refractivity contribution is 0.481. The number of hydrogen-bond donors (Lipinski definition) is 2. The summed E-state index contributed by atoms with van der Waals surface area (Å²) < 4.78 is 5.41. The summed E-state index contributed by atoms with van der Waals surface area (Å²) in [6, 6.07) is 8.04. The third-order valence-corrected chi connectivity index (χ3v) is 2.75. The monoisotopic (exact) mass is 266 g/mol. The molecule has 0 unspecified atom stereocenters. The molecule has 0 aliphatic rings. The topological polar surface area (TPSA) is 63.0 Å². The van der Waals surface area contributed by atoms with Gasteiger partial charge in [-0.2, -0.15) is 0 Å². The molecule has 18 heavy (non-hydrogen) atoms. The molecule has 6 heteroatoms. The van der Waals surface area contributed by atoms with Crippen LogP contribution in [-0.4, -0.2) is 16.7 Å². The van der Waals surface area contributed by atoms with E-state index in [-0.39, 0.29) is 0 Å². The third kappa shape index (κ3) is 3.45. The Morgan fingerprint density at radius 1 is 1.22 bits per heavy atom. The number of nitrogens with one attached hydrogen (secondary N) is 2. The lowest BCUT2D eigenvalue weighted by Crippen LogP contribution is -2.11. The van der Waals surface area contributed by atoms with Crippen molar-refractivity contribution in [2.45, 2.75) is 20.0 Å². The minimum atomic E-state index is 0.405. The van der Waals surface area contributed by atoms with Crippen molar-refractivity contribution in [2.75, 3.05) is 11.9 Å². The molecule has 1 aromatic carbocycles. The maximum Gasteiger partial charge on any atom is 0.315 e. The predicted molar refractivity (Wildman–Crippen MR) is 70.5 cm³/mol. The highest BCUT2D eigenvalue weighted by atomic mass is 35.5. The van der Waals surface area contributed by atoms with E-state index in [1.165, 1.54) is 0 Å². The summed E-state index contributed by atoms with van der Waals surface area (Å²) in [5.74, 6) is 0.568. The van der Waals surface area contributed by atoms with Gasteiger partial charge in [-0.25, -0.2) is 0 Å². The molecule has 1 heterocycles. The maximum absolute atomic E-state index is 6.05. The highest BCUT2D eigenvalue weighted by Crippen LogP contribution is 2.16. The molecule has 0 saturated carbocycles. The van der Waals surface area contributed by atoms with Crippen molar-refractivity contribution in [1.82, 2.24) is 15.5 Å². The Morgan fingerprint density at radius 3 is 2.83 bits per heavy atom. The fourth-order valence-corrected chi connectivity index (χ4v) is 1.64. The molecule has 0 atom stereocenters. The van der Waals surface area contributed by atoms with Crippen molar-refractivity contribution in [3.8, 4) is 0 Å². The first-order valence-electron chi connectivity index (χ1n) is 5.80. The van der Waals surface area contributed by atoms with Crippen molar-refractivity contribution in [2.24, 2.45) is 0 Å². The van der Waals surface area contributed by atoms with Gasteiger partial charge in [-0.05, 0) is 18.2 Å². The molecule has 2 aromatic rings. The number of benzene rings is 1. The Labute approximate surface area is 111 Å². The number of nitrogens with zero attached hydrogens (tertiary/aromatic N) is 2. The first-order chi connectivity index (χ1) is 8.79. The summed E-state index contributed by atoms with van der Waals surface area (Å²) in [5, 5.41) is 14.7. The third-order valence-electron chi connectivity index (χ3n) is 2.38. The summed E-state index contributed by atoms with van der Waals surface area (Å²) in [6.45, 7) is 4.03. The molecule has 0 saturated heterocycles. The van der Waals surface area contributed by atoms with Crippen LogP contribution in [0, 0.1) is 0 Å². The molecule has 0 aliphatic carbocycles. The molecule has 96 valence electrons. The number of rotatable bonds is 6. The fraction of sp³-hybridized carbons (Fsp3) is 0.333. The van der Waals surface area contributed by atoms with Gasteiger partial charge < -0.3 is 15.1 Å². The number of anilines is 1. The molecule has 0 fully saturated rings. The van der Waals surface area contributed by atoms with Gasteiger partial charge in [-0.1, -0.05) is 41.8 Å². The molecular formula is C12H15ClN4O. The first kappa shape index (κ1) is 12.9. The van der Waals surface area contributed by atoms with Crippen molar-refractivity contribution in [3.63, 3.8) is 0 Å². The molecule has 1 aromatic heterocycles. The lowest BCUT2D eigenvalue weighted by Gasteiger charge is -2.03. The van der Waals surface area contributed by atoms with Crippen molar-refractivity contribution >= 4 is 17.6 Å². The van der Waals surface area contributed by atoms with Crippen LogP contribution in [0.25, 0.3) is 0 Å². The Balaban J connectivity index is 1.90. The van der Waals surface area contributed by atoms with Gasteiger partial charge in [-0.15, -0.1) is 5.10 Å². The lowest BCUT2D eigenvalue weighted by atomic mass is 10.2. The van der Waals surface area contributed by atoms with Gasteiger partial charge in [0.2, 0.25) is 5.89 Å². The zero-order valence-corrected chi connectivity index (χ0v) is 10.9. The van der Waals surface area contributed by atoms with Gasteiger partial charge in [0, 0.05) is 11.6 Å². The zero-order chi connectivity index (χ0) is 12.8. The maximum atomic E-state index is 6.05. The molecular weight excluding hydrogens is 252 g/mol. The second-order valence-corrected chi connectivity index (χ2v) is 4.13. The SMILES string of the molecule is CCNCc1nnc(NCc2ccccc2Cl)o1. The van der Waals surface area contributed by atoms with Gasteiger partial charge in [0.25, 0.3) is 0 Å². The summed E-state index contributed by atoms with van der Waals surface area (Å²) in [7, 11) is 0. The normalized spacial score (nSPS) is 10.6. The molecule has 0 aliphatic heterocycles. The minimum Gasteiger partial charge on any atom is -0.407 e. The van der Waals surface area contributed by atoms with Crippen LogP contribution in [0.3, 0.4) is 0 Å². The van der Waals surface area contributed by atoms with E-state index in [1.807, 2.05) is 31.2 Å². The Bertz CT molecular complexity index is 500. The average Bonchev–Trinajstić information content (AvgIpc) is 2.83.